The van der Waals surface area contributed by atoms with Gasteiger partial charge in [0.05, 0.1) is 0 Å². The topological polar surface area (TPSA) is 12.0 Å². The van der Waals surface area contributed by atoms with E-state index in [0.717, 1.165) is 17.3 Å². The maximum absolute atomic E-state index is 3.47. The van der Waals surface area contributed by atoms with Crippen molar-refractivity contribution in [3.8, 4) is 0 Å². The Kier molecular flexibility index (Phi) is 1.31. The fourth-order valence-electron chi connectivity index (χ4n) is 2.77. The summed E-state index contributed by atoms with van der Waals surface area (Å²) in [5.74, 6) is 1.96. The molecule has 1 N–H and O–H groups in total. The molecule has 0 bridgehead atoms. The minimum atomic E-state index is 0.736. The van der Waals surface area contributed by atoms with Crippen LogP contribution in [0.2, 0.25) is 0 Å². The largest absolute Gasteiger partial charge is 0.316 e. The van der Waals surface area contributed by atoms with Crippen LogP contribution in [0.15, 0.2) is 0 Å². The lowest BCUT2D eigenvalue weighted by Gasteiger charge is -2.50. The van der Waals surface area contributed by atoms with Crippen molar-refractivity contribution < 1.29 is 0 Å². The van der Waals surface area contributed by atoms with E-state index < -0.39 is 0 Å². The fraction of sp³-hybridized carbons (Fsp3) is 1.00. The first-order chi connectivity index (χ1) is 4.75. The molecule has 1 heterocycles. The Morgan fingerprint density at radius 3 is 2.60 bits per heavy atom. The average Bonchev–Trinajstić information content (AvgIpc) is 2.38. The van der Waals surface area contributed by atoms with Crippen LogP contribution >= 0.6 is 0 Å². The van der Waals surface area contributed by atoms with E-state index in [9.17, 15) is 0 Å². The van der Waals surface area contributed by atoms with Crippen LogP contribution in [0.25, 0.3) is 0 Å². The van der Waals surface area contributed by atoms with Gasteiger partial charge in [-0.2, -0.15) is 0 Å². The Hall–Kier alpha value is -0.0400. The lowest BCUT2D eigenvalue weighted by molar-refractivity contribution is -0.00176. The molecule has 1 spiro atoms. The Labute approximate surface area is 63.2 Å². The highest BCUT2D eigenvalue weighted by atomic mass is 14.9. The van der Waals surface area contributed by atoms with E-state index in [2.05, 4.69) is 19.2 Å². The summed E-state index contributed by atoms with van der Waals surface area (Å²) in [6.45, 7) is 7.35. The van der Waals surface area contributed by atoms with Crippen molar-refractivity contribution in [2.75, 3.05) is 13.1 Å². The molecule has 3 unspecified atom stereocenters. The summed E-state index contributed by atoms with van der Waals surface area (Å²) in [6.07, 6.45) is 2.90. The molecular weight excluding hydrogens is 122 g/mol. The molecular formula is C9H17N. The number of nitrogens with one attached hydrogen (secondary N) is 1. The molecule has 1 saturated carbocycles. The second kappa shape index (κ2) is 1.97. The van der Waals surface area contributed by atoms with Crippen LogP contribution in [-0.2, 0) is 0 Å². The molecule has 58 valence electrons. The Bertz CT molecular complexity index is 136. The number of hydrogen-bond donors (Lipinski definition) is 1. The zero-order chi connectivity index (χ0) is 7.19. The number of hydrogen-bond acceptors (Lipinski definition) is 1. The minimum absolute atomic E-state index is 0.736. The predicted molar refractivity (Wildman–Crippen MR) is 42.9 cm³/mol. The van der Waals surface area contributed by atoms with Gasteiger partial charge in [-0.3, -0.25) is 0 Å². The predicted octanol–water partition coefficient (Wildman–Crippen LogP) is 1.64. The van der Waals surface area contributed by atoms with Crippen molar-refractivity contribution in [1.29, 1.82) is 0 Å². The van der Waals surface area contributed by atoms with E-state index in [1.54, 1.807) is 0 Å². The Morgan fingerprint density at radius 1 is 1.40 bits per heavy atom. The zero-order valence-corrected chi connectivity index (χ0v) is 6.98. The van der Waals surface area contributed by atoms with E-state index in [-0.39, 0.29) is 0 Å². The smallest absolute Gasteiger partial charge is 0.00110 e. The first kappa shape index (κ1) is 6.66. The van der Waals surface area contributed by atoms with Gasteiger partial charge in [0.1, 0.15) is 0 Å². The quantitative estimate of drug-likeness (QED) is 0.538. The molecule has 1 heteroatoms. The van der Waals surface area contributed by atoms with Gasteiger partial charge < -0.3 is 5.32 Å². The summed E-state index contributed by atoms with van der Waals surface area (Å²) in [7, 11) is 0. The molecule has 2 fully saturated rings. The SMILES string of the molecule is CC1CC2(CCNC2)C1C. The average molecular weight is 139 g/mol. The highest BCUT2D eigenvalue weighted by Crippen LogP contribution is 2.53. The van der Waals surface area contributed by atoms with Crippen molar-refractivity contribution >= 4 is 0 Å². The van der Waals surface area contributed by atoms with Crippen molar-refractivity contribution in [3.63, 3.8) is 0 Å². The molecule has 3 atom stereocenters. The first-order valence-corrected chi connectivity index (χ1v) is 4.45. The van der Waals surface area contributed by atoms with E-state index in [0.29, 0.717) is 0 Å². The molecule has 1 nitrogen and oxygen atoms in total. The molecule has 2 rings (SSSR count). The lowest BCUT2D eigenvalue weighted by atomic mass is 9.54. The zero-order valence-electron chi connectivity index (χ0n) is 6.98. The summed E-state index contributed by atoms with van der Waals surface area (Å²) < 4.78 is 0. The van der Waals surface area contributed by atoms with Crippen LogP contribution in [0.3, 0.4) is 0 Å². The second-order valence-electron chi connectivity index (χ2n) is 4.26. The fourth-order valence-corrected chi connectivity index (χ4v) is 2.77. The Morgan fingerprint density at radius 2 is 2.20 bits per heavy atom. The van der Waals surface area contributed by atoms with Crippen LogP contribution < -0.4 is 5.32 Å². The van der Waals surface area contributed by atoms with Gasteiger partial charge in [-0.05, 0) is 36.6 Å². The van der Waals surface area contributed by atoms with Crippen molar-refractivity contribution in [2.45, 2.75) is 26.7 Å². The van der Waals surface area contributed by atoms with Gasteiger partial charge in [0.25, 0.3) is 0 Å². The van der Waals surface area contributed by atoms with Crippen molar-refractivity contribution in [2.24, 2.45) is 17.3 Å². The van der Waals surface area contributed by atoms with Gasteiger partial charge in [-0.15, -0.1) is 0 Å². The standard InChI is InChI=1S/C9H17N/c1-7-5-9(8(7)2)3-4-10-6-9/h7-8,10H,3-6H2,1-2H3. The molecule has 2 aliphatic rings. The lowest BCUT2D eigenvalue weighted by Crippen LogP contribution is -2.46. The van der Waals surface area contributed by atoms with Gasteiger partial charge in [0.15, 0.2) is 0 Å². The van der Waals surface area contributed by atoms with Crippen molar-refractivity contribution in [1.82, 2.24) is 5.32 Å². The summed E-state index contributed by atoms with van der Waals surface area (Å²) in [4.78, 5) is 0. The third-order valence-electron chi connectivity index (χ3n) is 3.82. The van der Waals surface area contributed by atoms with Crippen LogP contribution in [-0.4, -0.2) is 13.1 Å². The van der Waals surface area contributed by atoms with E-state index in [1.165, 1.54) is 25.9 Å². The summed E-state index contributed by atoms with van der Waals surface area (Å²) in [6, 6.07) is 0. The third kappa shape index (κ3) is 0.672. The summed E-state index contributed by atoms with van der Waals surface area (Å²) in [5.41, 5.74) is 0.736. The highest BCUT2D eigenvalue weighted by molar-refractivity contribution is 5.01. The van der Waals surface area contributed by atoms with Gasteiger partial charge in [0, 0.05) is 6.54 Å². The van der Waals surface area contributed by atoms with E-state index in [4.69, 9.17) is 0 Å². The minimum Gasteiger partial charge on any atom is -0.316 e. The van der Waals surface area contributed by atoms with Crippen LogP contribution in [0.5, 0.6) is 0 Å². The molecule has 0 radical (unpaired) electrons. The molecule has 1 aliphatic heterocycles. The third-order valence-corrected chi connectivity index (χ3v) is 3.82. The first-order valence-electron chi connectivity index (χ1n) is 4.45. The number of rotatable bonds is 0. The molecule has 0 amide bonds. The van der Waals surface area contributed by atoms with Gasteiger partial charge in [-0.1, -0.05) is 13.8 Å². The molecule has 10 heavy (non-hydrogen) atoms. The molecule has 1 saturated heterocycles. The summed E-state index contributed by atoms with van der Waals surface area (Å²) in [5, 5.41) is 3.47. The monoisotopic (exact) mass is 139 g/mol. The highest BCUT2D eigenvalue weighted by Gasteiger charge is 2.49. The van der Waals surface area contributed by atoms with E-state index in [1.807, 2.05) is 0 Å². The van der Waals surface area contributed by atoms with Crippen LogP contribution in [0.1, 0.15) is 26.7 Å². The second-order valence-corrected chi connectivity index (χ2v) is 4.26. The van der Waals surface area contributed by atoms with Crippen LogP contribution in [0, 0.1) is 17.3 Å². The normalized spacial score (nSPS) is 53.4. The van der Waals surface area contributed by atoms with E-state index >= 15 is 0 Å². The maximum Gasteiger partial charge on any atom is 0.00110 e. The Balaban J connectivity index is 2.05. The molecule has 0 aromatic rings. The summed E-state index contributed by atoms with van der Waals surface area (Å²) >= 11 is 0. The van der Waals surface area contributed by atoms with Gasteiger partial charge in [-0.25, -0.2) is 0 Å². The molecule has 1 aliphatic carbocycles. The molecule has 0 aromatic heterocycles. The molecule has 0 aromatic carbocycles. The van der Waals surface area contributed by atoms with Crippen molar-refractivity contribution in [3.05, 3.63) is 0 Å². The van der Waals surface area contributed by atoms with Gasteiger partial charge >= 0.3 is 0 Å². The van der Waals surface area contributed by atoms with Gasteiger partial charge in [0.2, 0.25) is 0 Å². The maximum atomic E-state index is 3.47. The van der Waals surface area contributed by atoms with Crippen LogP contribution in [0.4, 0.5) is 0 Å².